The summed E-state index contributed by atoms with van der Waals surface area (Å²) in [6.07, 6.45) is 3.51. The highest BCUT2D eigenvalue weighted by molar-refractivity contribution is 9.10. The van der Waals surface area contributed by atoms with Gasteiger partial charge in [0.1, 0.15) is 5.82 Å². The van der Waals surface area contributed by atoms with Crippen LogP contribution in [0.15, 0.2) is 22.7 Å². The van der Waals surface area contributed by atoms with E-state index in [0.29, 0.717) is 4.47 Å². The minimum atomic E-state index is -0.474. The van der Waals surface area contributed by atoms with Gasteiger partial charge >= 0.3 is 0 Å². The Morgan fingerprint density at radius 3 is 2.89 bits per heavy atom. The maximum atomic E-state index is 13.6. The van der Waals surface area contributed by atoms with Crippen LogP contribution in [0.25, 0.3) is 0 Å². The molecular formula is C14H16BrFN2O. The second-order valence-electron chi connectivity index (χ2n) is 5.31. The number of nitrogens with zero attached hydrogens (tertiary/aromatic N) is 1. The predicted octanol–water partition coefficient (Wildman–Crippen LogP) is 2.55. The summed E-state index contributed by atoms with van der Waals surface area (Å²) in [5.41, 5.74) is 0.110. The van der Waals surface area contributed by atoms with Gasteiger partial charge in [-0.1, -0.05) is 15.9 Å². The fourth-order valence-electron chi connectivity index (χ4n) is 2.61. The molecule has 0 aromatic heterocycles. The number of halogens is 2. The molecule has 5 heteroatoms. The van der Waals surface area contributed by atoms with Crippen LogP contribution < -0.4 is 5.32 Å². The van der Waals surface area contributed by atoms with Crippen molar-refractivity contribution in [3.8, 4) is 0 Å². The van der Waals surface area contributed by atoms with Gasteiger partial charge in [0, 0.05) is 29.6 Å². The van der Waals surface area contributed by atoms with Crippen molar-refractivity contribution in [2.75, 3.05) is 13.1 Å². The Balaban J connectivity index is 1.63. The molecule has 1 amide bonds. The van der Waals surface area contributed by atoms with Crippen molar-refractivity contribution in [1.29, 1.82) is 0 Å². The van der Waals surface area contributed by atoms with E-state index in [0.717, 1.165) is 25.6 Å². The van der Waals surface area contributed by atoms with Gasteiger partial charge in [-0.3, -0.25) is 9.69 Å². The number of hydrogen-bond donors (Lipinski definition) is 1. The van der Waals surface area contributed by atoms with Crippen LogP contribution in [0.5, 0.6) is 0 Å². The summed E-state index contributed by atoms with van der Waals surface area (Å²) in [5, 5.41) is 2.93. The first-order valence-electron chi connectivity index (χ1n) is 6.63. The Morgan fingerprint density at radius 1 is 1.37 bits per heavy atom. The lowest BCUT2D eigenvalue weighted by Gasteiger charge is -2.16. The number of nitrogens with one attached hydrogen (secondary N) is 1. The third-order valence-corrected chi connectivity index (χ3v) is 4.28. The maximum Gasteiger partial charge on any atom is 0.254 e. The highest BCUT2D eigenvalue weighted by atomic mass is 79.9. The van der Waals surface area contributed by atoms with Gasteiger partial charge in [-0.25, -0.2) is 4.39 Å². The number of hydrogen-bond acceptors (Lipinski definition) is 2. The molecule has 1 saturated heterocycles. The summed E-state index contributed by atoms with van der Waals surface area (Å²) in [6, 6.07) is 5.30. The van der Waals surface area contributed by atoms with Crippen molar-refractivity contribution in [3.05, 3.63) is 34.1 Å². The zero-order valence-electron chi connectivity index (χ0n) is 10.5. The first-order chi connectivity index (χ1) is 9.13. The van der Waals surface area contributed by atoms with Crippen LogP contribution in [0.3, 0.4) is 0 Å². The minimum absolute atomic E-state index is 0.110. The average molecular weight is 327 g/mol. The minimum Gasteiger partial charge on any atom is -0.348 e. The molecule has 0 bridgehead atoms. The van der Waals surface area contributed by atoms with Crippen LogP contribution in [-0.2, 0) is 0 Å². The van der Waals surface area contributed by atoms with E-state index in [-0.39, 0.29) is 17.5 Å². The van der Waals surface area contributed by atoms with Crippen LogP contribution in [-0.4, -0.2) is 36.0 Å². The number of carbonyl (C=O) groups excluding carboxylic acids is 1. The van der Waals surface area contributed by atoms with E-state index in [1.807, 2.05) is 0 Å². The van der Waals surface area contributed by atoms with Gasteiger partial charge in [0.2, 0.25) is 0 Å². The molecule has 19 heavy (non-hydrogen) atoms. The van der Waals surface area contributed by atoms with Crippen LogP contribution in [0.2, 0.25) is 0 Å². The van der Waals surface area contributed by atoms with Crippen molar-refractivity contribution < 1.29 is 9.18 Å². The van der Waals surface area contributed by atoms with Crippen LogP contribution in [0.4, 0.5) is 4.39 Å². The fraction of sp³-hybridized carbons (Fsp3) is 0.500. The lowest BCUT2D eigenvalue weighted by Crippen LogP contribution is -2.37. The van der Waals surface area contributed by atoms with E-state index in [2.05, 4.69) is 26.1 Å². The molecule has 3 nitrogen and oxygen atoms in total. The first-order valence-corrected chi connectivity index (χ1v) is 7.43. The van der Waals surface area contributed by atoms with Gasteiger partial charge in [-0.2, -0.15) is 0 Å². The van der Waals surface area contributed by atoms with Crippen molar-refractivity contribution in [1.82, 2.24) is 10.2 Å². The second-order valence-corrected chi connectivity index (χ2v) is 6.23. The maximum absolute atomic E-state index is 13.6. The third kappa shape index (κ3) is 2.98. The smallest absolute Gasteiger partial charge is 0.254 e. The Kier molecular flexibility index (Phi) is 3.58. The number of rotatable bonds is 3. The van der Waals surface area contributed by atoms with Crippen molar-refractivity contribution in [2.24, 2.45) is 0 Å². The number of carbonyl (C=O) groups is 1. The Morgan fingerprint density at radius 2 is 2.16 bits per heavy atom. The molecule has 1 aromatic carbocycles. The van der Waals surface area contributed by atoms with E-state index >= 15 is 0 Å². The molecule has 1 aromatic rings. The summed E-state index contributed by atoms with van der Waals surface area (Å²) in [7, 11) is 0. The molecule has 2 fully saturated rings. The quantitative estimate of drug-likeness (QED) is 0.925. The van der Waals surface area contributed by atoms with Crippen LogP contribution in [0, 0.1) is 5.82 Å². The molecule has 1 saturated carbocycles. The topological polar surface area (TPSA) is 32.3 Å². The molecule has 102 valence electrons. The lowest BCUT2D eigenvalue weighted by molar-refractivity contribution is 0.0933. The van der Waals surface area contributed by atoms with E-state index in [9.17, 15) is 9.18 Å². The summed E-state index contributed by atoms with van der Waals surface area (Å²) in [4.78, 5) is 14.5. The molecule has 1 N–H and O–H groups in total. The zero-order chi connectivity index (χ0) is 13.4. The largest absolute Gasteiger partial charge is 0.348 e. The van der Waals surface area contributed by atoms with E-state index in [1.54, 1.807) is 6.07 Å². The zero-order valence-corrected chi connectivity index (χ0v) is 12.1. The second kappa shape index (κ2) is 5.21. The molecule has 1 unspecified atom stereocenters. The summed E-state index contributed by atoms with van der Waals surface area (Å²) in [5.74, 6) is -0.792. The van der Waals surface area contributed by atoms with Gasteiger partial charge in [0.25, 0.3) is 5.91 Å². The van der Waals surface area contributed by atoms with Crippen molar-refractivity contribution >= 4 is 21.8 Å². The summed E-state index contributed by atoms with van der Waals surface area (Å²) >= 11 is 3.26. The van der Waals surface area contributed by atoms with Gasteiger partial charge in [-0.15, -0.1) is 0 Å². The molecule has 0 spiro atoms. The van der Waals surface area contributed by atoms with E-state index in [4.69, 9.17) is 0 Å². The Labute approximate surface area is 120 Å². The number of benzene rings is 1. The van der Waals surface area contributed by atoms with Gasteiger partial charge in [0.05, 0.1) is 5.56 Å². The molecule has 1 aliphatic heterocycles. The Hall–Kier alpha value is -0.940. The predicted molar refractivity (Wildman–Crippen MR) is 74.6 cm³/mol. The molecule has 3 rings (SSSR count). The normalized spacial score (nSPS) is 23.6. The molecule has 1 aliphatic carbocycles. The number of likely N-dealkylation sites (tertiary alicyclic amines) is 1. The number of amides is 1. The highest BCUT2D eigenvalue weighted by Gasteiger charge is 2.34. The molecular weight excluding hydrogens is 311 g/mol. The van der Waals surface area contributed by atoms with E-state index in [1.165, 1.54) is 25.0 Å². The first kappa shape index (κ1) is 13.1. The Bertz CT molecular complexity index is 504. The van der Waals surface area contributed by atoms with Gasteiger partial charge in [0.15, 0.2) is 0 Å². The van der Waals surface area contributed by atoms with Gasteiger partial charge < -0.3 is 5.32 Å². The highest BCUT2D eigenvalue weighted by Crippen LogP contribution is 2.29. The standard InChI is InChI=1S/C14H16BrFN2O/c15-9-1-4-13(16)12(7-9)14(19)17-10-5-6-18(8-10)11-2-3-11/h1,4,7,10-11H,2-3,5-6,8H2,(H,17,19). The van der Waals surface area contributed by atoms with Crippen LogP contribution >= 0.6 is 15.9 Å². The summed E-state index contributed by atoms with van der Waals surface area (Å²) in [6.45, 7) is 1.93. The average Bonchev–Trinajstić information content (AvgIpc) is 3.13. The fourth-order valence-corrected chi connectivity index (χ4v) is 2.97. The van der Waals surface area contributed by atoms with E-state index < -0.39 is 5.82 Å². The van der Waals surface area contributed by atoms with Crippen molar-refractivity contribution in [3.63, 3.8) is 0 Å². The SMILES string of the molecule is O=C(NC1CCN(C2CC2)C1)c1cc(Br)ccc1F. The summed E-state index contributed by atoms with van der Waals surface area (Å²) < 4.78 is 14.3. The molecule has 1 atom stereocenters. The molecule has 2 aliphatic rings. The van der Waals surface area contributed by atoms with Gasteiger partial charge in [-0.05, 0) is 37.5 Å². The third-order valence-electron chi connectivity index (χ3n) is 3.79. The monoisotopic (exact) mass is 326 g/mol. The lowest BCUT2D eigenvalue weighted by atomic mass is 10.1. The molecule has 0 radical (unpaired) electrons. The van der Waals surface area contributed by atoms with Crippen molar-refractivity contribution in [2.45, 2.75) is 31.3 Å². The van der Waals surface area contributed by atoms with Crippen LogP contribution in [0.1, 0.15) is 29.6 Å². The molecule has 1 heterocycles.